The number of aliphatic hydroxyl groups is 1. The van der Waals surface area contributed by atoms with Crippen molar-refractivity contribution in [3.63, 3.8) is 0 Å². The number of nitrogens with zero attached hydrogens (tertiary/aromatic N) is 3. The Morgan fingerprint density at radius 2 is 2.21 bits per heavy atom. The molecule has 2 aliphatic rings. The van der Waals surface area contributed by atoms with E-state index < -0.39 is 5.60 Å². The largest absolute Gasteiger partial charge is 0.383 e. The van der Waals surface area contributed by atoms with Crippen LogP contribution >= 0.6 is 0 Å². The summed E-state index contributed by atoms with van der Waals surface area (Å²) in [4.78, 5) is 12.2. The minimum atomic E-state index is -0.980. The van der Waals surface area contributed by atoms with Crippen LogP contribution in [0.3, 0.4) is 0 Å². The third-order valence-electron chi connectivity index (χ3n) is 4.99. The van der Waals surface area contributed by atoms with Gasteiger partial charge in [0.1, 0.15) is 12.1 Å². The SMILES string of the molecule is O=C(Cn1cc(C2CC2)nn1)NCC1(O)CCCc2ccccc21. The topological polar surface area (TPSA) is 80.0 Å². The maximum absolute atomic E-state index is 12.2. The first-order valence-electron chi connectivity index (χ1n) is 8.61. The van der Waals surface area contributed by atoms with Gasteiger partial charge in [0.2, 0.25) is 5.91 Å². The maximum atomic E-state index is 12.2. The van der Waals surface area contributed by atoms with E-state index in [9.17, 15) is 9.90 Å². The fourth-order valence-electron chi connectivity index (χ4n) is 3.49. The second-order valence-electron chi connectivity index (χ2n) is 6.93. The van der Waals surface area contributed by atoms with Crippen molar-refractivity contribution in [1.29, 1.82) is 0 Å². The summed E-state index contributed by atoms with van der Waals surface area (Å²) >= 11 is 0. The van der Waals surface area contributed by atoms with Crippen molar-refractivity contribution >= 4 is 5.91 Å². The van der Waals surface area contributed by atoms with Gasteiger partial charge in [-0.15, -0.1) is 5.10 Å². The number of aryl methyl sites for hydroxylation is 1. The average Bonchev–Trinajstić information content (AvgIpc) is 3.34. The number of benzene rings is 1. The number of fused-ring (bicyclic) bond motifs is 1. The van der Waals surface area contributed by atoms with Gasteiger partial charge in [-0.2, -0.15) is 0 Å². The molecule has 1 aromatic carbocycles. The third-order valence-corrected chi connectivity index (χ3v) is 4.99. The molecule has 1 aromatic heterocycles. The Labute approximate surface area is 140 Å². The van der Waals surface area contributed by atoms with Gasteiger partial charge in [-0.05, 0) is 43.2 Å². The van der Waals surface area contributed by atoms with Crippen molar-refractivity contribution in [3.05, 3.63) is 47.3 Å². The molecule has 1 amide bonds. The van der Waals surface area contributed by atoms with Crippen LogP contribution in [0.1, 0.15) is 48.4 Å². The van der Waals surface area contributed by atoms with E-state index in [1.807, 2.05) is 24.4 Å². The summed E-state index contributed by atoms with van der Waals surface area (Å²) < 4.78 is 1.57. The van der Waals surface area contributed by atoms with Crippen LogP contribution in [-0.2, 0) is 23.4 Å². The highest BCUT2D eigenvalue weighted by Gasteiger charge is 2.34. The van der Waals surface area contributed by atoms with Crippen molar-refractivity contribution in [1.82, 2.24) is 20.3 Å². The molecule has 0 aliphatic heterocycles. The Morgan fingerprint density at radius 3 is 3.04 bits per heavy atom. The lowest BCUT2D eigenvalue weighted by Gasteiger charge is -2.34. The molecule has 2 N–H and O–H groups in total. The number of carbonyl (C=O) groups is 1. The van der Waals surface area contributed by atoms with Gasteiger partial charge >= 0.3 is 0 Å². The highest BCUT2D eigenvalue weighted by Crippen LogP contribution is 2.38. The van der Waals surface area contributed by atoms with Gasteiger partial charge < -0.3 is 10.4 Å². The Balaban J connectivity index is 1.38. The van der Waals surface area contributed by atoms with Gasteiger partial charge in [0.25, 0.3) is 0 Å². The predicted octanol–water partition coefficient (Wildman–Crippen LogP) is 1.50. The van der Waals surface area contributed by atoms with Crippen LogP contribution in [0.4, 0.5) is 0 Å². The summed E-state index contributed by atoms with van der Waals surface area (Å²) in [6.07, 6.45) is 6.75. The van der Waals surface area contributed by atoms with Crippen molar-refractivity contribution in [2.75, 3.05) is 6.54 Å². The van der Waals surface area contributed by atoms with Crippen LogP contribution < -0.4 is 5.32 Å². The van der Waals surface area contributed by atoms with Gasteiger partial charge in [-0.25, -0.2) is 4.68 Å². The Bertz CT molecular complexity index is 753. The van der Waals surface area contributed by atoms with Crippen LogP contribution in [0.2, 0.25) is 0 Å². The Kier molecular flexibility index (Phi) is 3.84. The van der Waals surface area contributed by atoms with E-state index in [1.165, 1.54) is 5.56 Å². The van der Waals surface area contributed by atoms with E-state index in [0.717, 1.165) is 36.9 Å². The Morgan fingerprint density at radius 1 is 1.38 bits per heavy atom. The quantitative estimate of drug-likeness (QED) is 0.872. The van der Waals surface area contributed by atoms with Crippen LogP contribution in [0, 0.1) is 0 Å². The number of hydrogen-bond donors (Lipinski definition) is 2. The molecule has 0 saturated heterocycles. The second kappa shape index (κ2) is 6.02. The van der Waals surface area contributed by atoms with Crippen molar-refractivity contribution in [3.8, 4) is 0 Å². The second-order valence-corrected chi connectivity index (χ2v) is 6.93. The molecule has 6 nitrogen and oxygen atoms in total. The summed E-state index contributed by atoms with van der Waals surface area (Å²) in [5, 5.41) is 21.9. The minimum absolute atomic E-state index is 0.136. The summed E-state index contributed by atoms with van der Waals surface area (Å²) in [5.41, 5.74) is 2.10. The molecule has 24 heavy (non-hydrogen) atoms. The number of amides is 1. The summed E-state index contributed by atoms with van der Waals surface area (Å²) in [6, 6.07) is 7.94. The molecule has 0 radical (unpaired) electrons. The van der Waals surface area contributed by atoms with Gasteiger partial charge in [-0.3, -0.25) is 4.79 Å². The molecule has 6 heteroatoms. The Hall–Kier alpha value is -2.21. The molecule has 0 spiro atoms. The summed E-state index contributed by atoms with van der Waals surface area (Å²) in [7, 11) is 0. The van der Waals surface area contributed by atoms with Gasteiger partial charge in [0.15, 0.2) is 0 Å². The lowest BCUT2D eigenvalue weighted by molar-refractivity contribution is -0.123. The average molecular weight is 326 g/mol. The molecule has 126 valence electrons. The van der Waals surface area contributed by atoms with Crippen LogP contribution in [0.25, 0.3) is 0 Å². The lowest BCUT2D eigenvalue weighted by Crippen LogP contribution is -2.43. The van der Waals surface area contributed by atoms with Crippen LogP contribution in [0.15, 0.2) is 30.5 Å². The molecule has 1 fully saturated rings. The van der Waals surface area contributed by atoms with Gasteiger partial charge in [0.05, 0.1) is 12.2 Å². The highest BCUT2D eigenvalue weighted by molar-refractivity contribution is 5.75. The van der Waals surface area contributed by atoms with Crippen molar-refractivity contribution < 1.29 is 9.90 Å². The fourth-order valence-corrected chi connectivity index (χ4v) is 3.49. The fraction of sp³-hybridized carbons (Fsp3) is 0.500. The first-order valence-corrected chi connectivity index (χ1v) is 8.61. The smallest absolute Gasteiger partial charge is 0.241 e. The third kappa shape index (κ3) is 3.06. The molecule has 1 heterocycles. The molecule has 1 unspecified atom stereocenters. The zero-order chi connectivity index (χ0) is 16.6. The first-order chi connectivity index (χ1) is 11.6. The van der Waals surface area contributed by atoms with Crippen LogP contribution in [-0.4, -0.2) is 32.6 Å². The van der Waals surface area contributed by atoms with Crippen molar-refractivity contribution in [2.45, 2.75) is 50.2 Å². The van der Waals surface area contributed by atoms with Gasteiger partial charge in [-0.1, -0.05) is 29.5 Å². The zero-order valence-electron chi connectivity index (χ0n) is 13.6. The molecule has 1 saturated carbocycles. The summed E-state index contributed by atoms with van der Waals surface area (Å²) in [5.74, 6) is 0.375. The van der Waals surface area contributed by atoms with Gasteiger partial charge in [0, 0.05) is 12.1 Å². The predicted molar refractivity (Wildman–Crippen MR) is 88.3 cm³/mol. The minimum Gasteiger partial charge on any atom is -0.383 e. The number of aromatic nitrogens is 3. The molecule has 4 rings (SSSR count). The normalized spacial score (nSPS) is 22.9. The van der Waals surface area contributed by atoms with Crippen molar-refractivity contribution in [2.24, 2.45) is 0 Å². The molecule has 1 atom stereocenters. The number of rotatable bonds is 5. The number of carbonyl (C=O) groups excluding carboxylic acids is 1. The number of hydrogen-bond acceptors (Lipinski definition) is 4. The van der Waals surface area contributed by atoms with E-state index in [-0.39, 0.29) is 19.0 Å². The first kappa shape index (κ1) is 15.3. The highest BCUT2D eigenvalue weighted by atomic mass is 16.3. The molecule has 2 aliphatic carbocycles. The van der Waals surface area contributed by atoms with E-state index in [0.29, 0.717) is 12.3 Å². The lowest BCUT2D eigenvalue weighted by atomic mass is 9.79. The standard InChI is InChI=1S/C18H22N4O2/c23-17(11-22-10-16(20-21-22)14-7-8-14)19-12-18(24)9-3-5-13-4-1-2-6-15(13)18/h1-2,4,6,10,14,24H,3,5,7-9,11-12H2,(H,19,23). The molecule has 2 aromatic rings. The monoisotopic (exact) mass is 326 g/mol. The summed E-state index contributed by atoms with van der Waals surface area (Å²) in [6.45, 7) is 0.366. The van der Waals surface area contributed by atoms with E-state index >= 15 is 0 Å². The molecular formula is C18H22N4O2. The van der Waals surface area contributed by atoms with E-state index in [4.69, 9.17) is 0 Å². The molecular weight excluding hydrogens is 304 g/mol. The number of nitrogens with one attached hydrogen (secondary N) is 1. The molecule has 0 bridgehead atoms. The maximum Gasteiger partial charge on any atom is 0.241 e. The van der Waals surface area contributed by atoms with Crippen LogP contribution in [0.5, 0.6) is 0 Å². The van der Waals surface area contributed by atoms with E-state index in [1.54, 1.807) is 4.68 Å². The zero-order valence-corrected chi connectivity index (χ0v) is 13.6. The van der Waals surface area contributed by atoms with E-state index in [2.05, 4.69) is 21.7 Å².